The molecular weight excluding hydrogens is 188 g/mol. The van der Waals surface area contributed by atoms with Crippen molar-refractivity contribution < 1.29 is 9.90 Å². The van der Waals surface area contributed by atoms with Gasteiger partial charge in [-0.05, 0) is 13.3 Å². The van der Waals surface area contributed by atoms with E-state index in [1.807, 2.05) is 6.92 Å². The van der Waals surface area contributed by atoms with Gasteiger partial charge in [0, 0.05) is 11.4 Å². The van der Waals surface area contributed by atoms with Crippen LogP contribution >= 0.6 is 11.3 Å². The molecule has 1 aromatic heterocycles. The van der Waals surface area contributed by atoms with E-state index in [0.717, 1.165) is 6.42 Å². The topological polar surface area (TPSA) is 62.2 Å². The number of carbonyl (C=O) groups is 1. The highest BCUT2D eigenvalue weighted by Gasteiger charge is 2.09. The van der Waals surface area contributed by atoms with Gasteiger partial charge >= 0.3 is 5.97 Å². The third-order valence-corrected chi connectivity index (χ3v) is 2.48. The predicted octanol–water partition coefficient (Wildman–Crippen LogP) is 2.05. The van der Waals surface area contributed by atoms with Crippen molar-refractivity contribution in [1.82, 2.24) is 4.98 Å². The number of hydrogen-bond donors (Lipinski definition) is 2. The maximum atomic E-state index is 10.5. The number of rotatable bonds is 4. The summed E-state index contributed by atoms with van der Waals surface area (Å²) in [6.07, 6.45) is 0.988. The quantitative estimate of drug-likeness (QED) is 0.780. The fourth-order valence-electron chi connectivity index (χ4n) is 0.751. The van der Waals surface area contributed by atoms with E-state index in [-0.39, 0.29) is 5.69 Å². The molecule has 0 aliphatic heterocycles. The van der Waals surface area contributed by atoms with Crippen LogP contribution in [0.25, 0.3) is 0 Å². The molecule has 0 aliphatic carbocycles. The van der Waals surface area contributed by atoms with Gasteiger partial charge in [0.2, 0.25) is 0 Å². The van der Waals surface area contributed by atoms with Crippen molar-refractivity contribution in [3.63, 3.8) is 0 Å². The van der Waals surface area contributed by atoms with Gasteiger partial charge in [0.15, 0.2) is 10.8 Å². The molecule has 1 atom stereocenters. The van der Waals surface area contributed by atoms with Gasteiger partial charge in [-0.2, -0.15) is 0 Å². The first kappa shape index (κ1) is 9.98. The van der Waals surface area contributed by atoms with Crippen molar-refractivity contribution in [3.8, 4) is 0 Å². The maximum absolute atomic E-state index is 10.5. The number of aromatic carboxylic acids is 1. The molecule has 1 heterocycles. The molecule has 0 spiro atoms. The number of thiazole rings is 1. The van der Waals surface area contributed by atoms with Crippen molar-refractivity contribution >= 4 is 22.4 Å². The van der Waals surface area contributed by atoms with Crippen LogP contribution in [0.15, 0.2) is 5.38 Å². The van der Waals surface area contributed by atoms with Gasteiger partial charge in [0.1, 0.15) is 0 Å². The highest BCUT2D eigenvalue weighted by atomic mass is 32.1. The molecule has 1 aromatic rings. The van der Waals surface area contributed by atoms with Crippen LogP contribution in [-0.2, 0) is 0 Å². The summed E-state index contributed by atoms with van der Waals surface area (Å²) >= 11 is 1.32. The van der Waals surface area contributed by atoms with Crippen molar-refractivity contribution in [3.05, 3.63) is 11.1 Å². The van der Waals surface area contributed by atoms with Crippen molar-refractivity contribution in [2.45, 2.75) is 26.3 Å². The van der Waals surface area contributed by atoms with Gasteiger partial charge in [-0.25, -0.2) is 9.78 Å². The summed E-state index contributed by atoms with van der Waals surface area (Å²) in [6, 6.07) is 0.327. The summed E-state index contributed by atoms with van der Waals surface area (Å²) in [6.45, 7) is 4.09. The zero-order valence-corrected chi connectivity index (χ0v) is 8.39. The third-order valence-electron chi connectivity index (χ3n) is 1.71. The smallest absolute Gasteiger partial charge is 0.355 e. The Hall–Kier alpha value is -1.10. The second-order valence-electron chi connectivity index (χ2n) is 2.80. The van der Waals surface area contributed by atoms with E-state index in [0.29, 0.717) is 11.2 Å². The zero-order chi connectivity index (χ0) is 9.84. The summed E-state index contributed by atoms with van der Waals surface area (Å²) < 4.78 is 0. The molecule has 1 unspecified atom stereocenters. The molecule has 0 radical (unpaired) electrons. The molecule has 0 fully saturated rings. The molecule has 0 saturated carbocycles. The zero-order valence-electron chi connectivity index (χ0n) is 7.57. The molecule has 0 aliphatic rings. The standard InChI is InChI=1S/C8H12N2O2S/c1-3-5(2)9-8-10-6(4-13-8)7(11)12/h4-5H,3H2,1-2H3,(H,9,10)(H,11,12). The lowest BCUT2D eigenvalue weighted by molar-refractivity contribution is 0.0691. The van der Waals surface area contributed by atoms with E-state index in [1.165, 1.54) is 16.7 Å². The van der Waals surface area contributed by atoms with Gasteiger partial charge in [0.05, 0.1) is 0 Å². The third kappa shape index (κ3) is 2.69. The first-order chi connectivity index (χ1) is 6.13. The SMILES string of the molecule is CCC(C)Nc1nc(C(=O)O)cs1. The lowest BCUT2D eigenvalue weighted by Gasteiger charge is -2.08. The van der Waals surface area contributed by atoms with Crippen LogP contribution in [0.4, 0.5) is 5.13 Å². The van der Waals surface area contributed by atoms with E-state index < -0.39 is 5.97 Å². The molecule has 1 rings (SSSR count). The van der Waals surface area contributed by atoms with Crippen LogP contribution in [0.1, 0.15) is 30.8 Å². The summed E-state index contributed by atoms with van der Waals surface area (Å²) in [5.41, 5.74) is 0.107. The average Bonchev–Trinajstić information content (AvgIpc) is 2.52. The molecular formula is C8H12N2O2S. The molecule has 4 nitrogen and oxygen atoms in total. The number of nitrogens with one attached hydrogen (secondary N) is 1. The Morgan fingerprint density at radius 1 is 1.85 bits per heavy atom. The minimum atomic E-state index is -0.978. The molecule has 0 aromatic carbocycles. The van der Waals surface area contributed by atoms with Gasteiger partial charge in [0.25, 0.3) is 0 Å². The second kappa shape index (κ2) is 4.23. The molecule has 0 bridgehead atoms. The molecule has 5 heteroatoms. The van der Waals surface area contributed by atoms with Crippen LogP contribution in [0.3, 0.4) is 0 Å². The van der Waals surface area contributed by atoms with Crippen LogP contribution in [0, 0.1) is 0 Å². The minimum absolute atomic E-state index is 0.107. The van der Waals surface area contributed by atoms with E-state index in [9.17, 15) is 4.79 Å². The molecule has 13 heavy (non-hydrogen) atoms. The normalized spacial score (nSPS) is 12.5. The number of aromatic nitrogens is 1. The first-order valence-corrected chi connectivity index (χ1v) is 4.96. The van der Waals surface area contributed by atoms with E-state index >= 15 is 0 Å². The number of anilines is 1. The monoisotopic (exact) mass is 200 g/mol. The largest absolute Gasteiger partial charge is 0.476 e. The van der Waals surface area contributed by atoms with Gasteiger partial charge < -0.3 is 10.4 Å². The highest BCUT2D eigenvalue weighted by Crippen LogP contribution is 2.16. The second-order valence-corrected chi connectivity index (χ2v) is 3.65. The van der Waals surface area contributed by atoms with Crippen molar-refractivity contribution in [1.29, 1.82) is 0 Å². The summed E-state index contributed by atoms with van der Waals surface area (Å²) in [5.74, 6) is -0.978. The number of hydrogen-bond acceptors (Lipinski definition) is 4. The van der Waals surface area contributed by atoms with E-state index in [2.05, 4.69) is 17.2 Å². The predicted molar refractivity (Wildman–Crippen MR) is 52.4 cm³/mol. The Balaban J connectivity index is 2.64. The van der Waals surface area contributed by atoms with E-state index in [4.69, 9.17) is 5.11 Å². The lowest BCUT2D eigenvalue weighted by Crippen LogP contribution is -2.13. The Bertz CT molecular complexity index is 298. The lowest BCUT2D eigenvalue weighted by atomic mass is 10.3. The molecule has 72 valence electrons. The Kier molecular flexibility index (Phi) is 3.25. The van der Waals surface area contributed by atoms with Crippen LogP contribution < -0.4 is 5.32 Å². The minimum Gasteiger partial charge on any atom is -0.476 e. The Morgan fingerprint density at radius 2 is 2.54 bits per heavy atom. The van der Waals surface area contributed by atoms with Crippen molar-refractivity contribution in [2.75, 3.05) is 5.32 Å². The number of nitrogens with zero attached hydrogens (tertiary/aromatic N) is 1. The fourth-order valence-corrected chi connectivity index (χ4v) is 1.55. The van der Waals surface area contributed by atoms with Gasteiger partial charge in [-0.15, -0.1) is 11.3 Å². The average molecular weight is 200 g/mol. The van der Waals surface area contributed by atoms with Crippen LogP contribution in [-0.4, -0.2) is 22.1 Å². The molecule has 2 N–H and O–H groups in total. The maximum Gasteiger partial charge on any atom is 0.355 e. The summed E-state index contributed by atoms with van der Waals surface area (Å²) in [7, 11) is 0. The summed E-state index contributed by atoms with van der Waals surface area (Å²) in [4.78, 5) is 14.4. The van der Waals surface area contributed by atoms with Gasteiger partial charge in [-0.3, -0.25) is 0 Å². The Labute approximate surface area is 80.6 Å². The molecule has 0 amide bonds. The molecule has 0 saturated heterocycles. The number of carboxylic acids is 1. The van der Waals surface area contributed by atoms with Crippen molar-refractivity contribution in [2.24, 2.45) is 0 Å². The first-order valence-electron chi connectivity index (χ1n) is 4.08. The van der Waals surface area contributed by atoms with Gasteiger partial charge in [-0.1, -0.05) is 6.92 Å². The number of carboxylic acid groups (broad SMARTS) is 1. The fraction of sp³-hybridized carbons (Fsp3) is 0.500. The van der Waals surface area contributed by atoms with Crippen LogP contribution in [0.2, 0.25) is 0 Å². The Morgan fingerprint density at radius 3 is 3.00 bits per heavy atom. The van der Waals surface area contributed by atoms with Crippen LogP contribution in [0.5, 0.6) is 0 Å². The van der Waals surface area contributed by atoms with E-state index in [1.54, 1.807) is 0 Å². The highest BCUT2D eigenvalue weighted by molar-refractivity contribution is 7.13. The summed E-state index contributed by atoms with van der Waals surface area (Å²) in [5, 5.41) is 13.9.